The Balaban J connectivity index is 1.78. The van der Waals surface area contributed by atoms with Gasteiger partial charge in [-0.15, -0.1) is 11.3 Å². The molecule has 1 N–H and O–H groups in total. The van der Waals surface area contributed by atoms with Crippen LogP contribution in [-0.4, -0.2) is 18.0 Å². The van der Waals surface area contributed by atoms with Crippen LogP contribution in [0.4, 0.5) is 5.69 Å². The third kappa shape index (κ3) is 4.11. The average molecular weight is 402 g/mol. The predicted octanol–water partition coefficient (Wildman–Crippen LogP) is 5.08. The van der Waals surface area contributed by atoms with Gasteiger partial charge in [0.15, 0.2) is 0 Å². The van der Waals surface area contributed by atoms with E-state index in [4.69, 9.17) is 16.3 Å². The average Bonchev–Trinajstić information content (AvgIpc) is 3.31. The molecular weight excluding hydrogens is 390 g/mol. The molecule has 0 fully saturated rings. The molecule has 130 valence electrons. The van der Waals surface area contributed by atoms with Gasteiger partial charge in [0.05, 0.1) is 17.8 Å². The van der Waals surface area contributed by atoms with Gasteiger partial charge < -0.3 is 10.1 Å². The van der Waals surface area contributed by atoms with Crippen molar-refractivity contribution in [1.82, 2.24) is 4.98 Å². The number of nitrogens with zero attached hydrogens (tertiary/aromatic N) is 2. The maximum absolute atomic E-state index is 12.4. The summed E-state index contributed by atoms with van der Waals surface area (Å²) in [7, 11) is 1.51. The molecule has 26 heavy (non-hydrogen) atoms. The van der Waals surface area contributed by atoms with E-state index in [9.17, 15) is 10.1 Å². The number of thiazole rings is 1. The fraction of sp³-hybridized carbons (Fsp3) is 0.0556. The number of aromatic nitrogens is 1. The van der Waals surface area contributed by atoms with E-state index in [0.29, 0.717) is 22.2 Å². The first-order chi connectivity index (χ1) is 12.6. The fourth-order valence-electron chi connectivity index (χ4n) is 2.11. The second-order valence-electron chi connectivity index (χ2n) is 5.06. The highest BCUT2D eigenvalue weighted by Gasteiger charge is 2.12. The molecule has 2 heterocycles. The molecule has 2 aromatic heterocycles. The molecule has 0 radical (unpaired) electrons. The topological polar surface area (TPSA) is 75.0 Å². The van der Waals surface area contributed by atoms with Crippen LogP contribution >= 0.6 is 34.3 Å². The maximum atomic E-state index is 12.4. The van der Waals surface area contributed by atoms with E-state index in [0.717, 1.165) is 10.6 Å². The molecular formula is C18H12ClN3O2S2. The standard InChI is InChI=1S/C18H12ClN3O2S2/c1-24-16-3-2-13(7-15(16)19)21-17(23)12(8-20)6-14-10-26-18(22-14)11-4-5-25-9-11/h2-7,9-10H,1H3,(H,21,23)/b12-6-. The number of carbonyl (C=O) groups excluding carboxylic acids is 1. The first-order valence-electron chi connectivity index (χ1n) is 7.35. The Morgan fingerprint density at radius 1 is 1.38 bits per heavy atom. The van der Waals surface area contributed by atoms with Crippen molar-refractivity contribution >= 4 is 51.9 Å². The third-order valence-corrected chi connectivity index (χ3v) is 5.25. The highest BCUT2D eigenvalue weighted by molar-refractivity contribution is 7.14. The summed E-state index contributed by atoms with van der Waals surface area (Å²) in [6.07, 6.45) is 1.47. The lowest BCUT2D eigenvalue weighted by molar-refractivity contribution is -0.112. The van der Waals surface area contributed by atoms with Crippen LogP contribution < -0.4 is 10.1 Å². The number of thiophene rings is 1. The van der Waals surface area contributed by atoms with Gasteiger partial charge in [-0.3, -0.25) is 4.79 Å². The molecule has 0 bridgehead atoms. The number of nitriles is 1. The Labute approximate surface area is 163 Å². The summed E-state index contributed by atoms with van der Waals surface area (Å²) in [4.78, 5) is 16.8. The van der Waals surface area contributed by atoms with Gasteiger partial charge in [0, 0.05) is 22.0 Å². The summed E-state index contributed by atoms with van der Waals surface area (Å²) in [6, 6.07) is 8.73. The zero-order valence-electron chi connectivity index (χ0n) is 13.5. The van der Waals surface area contributed by atoms with Crippen molar-refractivity contribution < 1.29 is 9.53 Å². The second kappa shape index (κ2) is 8.15. The van der Waals surface area contributed by atoms with Crippen LogP contribution in [0.3, 0.4) is 0 Å². The minimum Gasteiger partial charge on any atom is -0.495 e. The van der Waals surface area contributed by atoms with Gasteiger partial charge in [-0.05, 0) is 35.7 Å². The van der Waals surface area contributed by atoms with E-state index in [1.54, 1.807) is 29.5 Å². The molecule has 1 amide bonds. The molecule has 0 saturated carbocycles. The van der Waals surface area contributed by atoms with Crippen molar-refractivity contribution in [2.45, 2.75) is 0 Å². The summed E-state index contributed by atoms with van der Waals surface area (Å²) in [5.41, 5.74) is 2.02. The molecule has 0 spiro atoms. The number of rotatable bonds is 5. The van der Waals surface area contributed by atoms with Crippen molar-refractivity contribution in [3.8, 4) is 22.4 Å². The van der Waals surface area contributed by atoms with Crippen molar-refractivity contribution in [2.24, 2.45) is 0 Å². The first kappa shape index (κ1) is 18.1. The van der Waals surface area contributed by atoms with Crippen LogP contribution in [0.2, 0.25) is 5.02 Å². The van der Waals surface area contributed by atoms with Crippen LogP contribution in [0, 0.1) is 11.3 Å². The van der Waals surface area contributed by atoms with Crippen LogP contribution in [0.5, 0.6) is 5.75 Å². The summed E-state index contributed by atoms with van der Waals surface area (Å²) in [5, 5.41) is 19.0. The molecule has 0 atom stereocenters. The number of nitrogens with one attached hydrogen (secondary N) is 1. The molecule has 0 aliphatic heterocycles. The number of hydrogen-bond acceptors (Lipinski definition) is 6. The van der Waals surface area contributed by atoms with E-state index in [1.807, 2.05) is 28.3 Å². The number of anilines is 1. The van der Waals surface area contributed by atoms with Gasteiger partial charge in [-0.1, -0.05) is 11.6 Å². The molecule has 0 aliphatic carbocycles. The molecule has 3 rings (SSSR count). The van der Waals surface area contributed by atoms with Gasteiger partial charge in [-0.25, -0.2) is 4.98 Å². The van der Waals surface area contributed by atoms with Crippen molar-refractivity contribution in [3.63, 3.8) is 0 Å². The zero-order chi connectivity index (χ0) is 18.5. The number of amides is 1. The molecule has 5 nitrogen and oxygen atoms in total. The lowest BCUT2D eigenvalue weighted by Crippen LogP contribution is -2.13. The molecule has 0 saturated heterocycles. The quantitative estimate of drug-likeness (QED) is 0.477. The molecule has 3 aromatic rings. The van der Waals surface area contributed by atoms with E-state index < -0.39 is 5.91 Å². The van der Waals surface area contributed by atoms with Crippen molar-refractivity contribution in [1.29, 1.82) is 5.26 Å². The Hall–Kier alpha value is -2.66. The van der Waals surface area contributed by atoms with E-state index in [1.165, 1.54) is 24.5 Å². The van der Waals surface area contributed by atoms with Crippen molar-refractivity contribution in [2.75, 3.05) is 12.4 Å². The van der Waals surface area contributed by atoms with E-state index >= 15 is 0 Å². The summed E-state index contributed by atoms with van der Waals surface area (Å²) < 4.78 is 5.07. The normalized spacial score (nSPS) is 11.0. The number of benzene rings is 1. The molecule has 8 heteroatoms. The fourth-order valence-corrected chi connectivity index (χ4v) is 3.86. The summed E-state index contributed by atoms with van der Waals surface area (Å²) >= 11 is 9.09. The smallest absolute Gasteiger partial charge is 0.266 e. The minimum atomic E-state index is -0.529. The lowest BCUT2D eigenvalue weighted by atomic mass is 10.2. The summed E-state index contributed by atoms with van der Waals surface area (Å²) in [5.74, 6) is -0.0250. The van der Waals surface area contributed by atoms with Crippen LogP contribution in [0.15, 0.2) is 46.0 Å². The number of methoxy groups -OCH3 is 1. The predicted molar refractivity (Wildman–Crippen MR) is 106 cm³/mol. The summed E-state index contributed by atoms with van der Waals surface area (Å²) in [6.45, 7) is 0. The Morgan fingerprint density at radius 3 is 2.88 bits per heavy atom. The van der Waals surface area contributed by atoms with Gasteiger partial charge in [0.25, 0.3) is 5.91 Å². The van der Waals surface area contributed by atoms with Crippen molar-refractivity contribution in [3.05, 3.63) is 56.7 Å². The highest BCUT2D eigenvalue weighted by atomic mass is 35.5. The van der Waals surface area contributed by atoms with E-state index in [-0.39, 0.29) is 5.57 Å². The number of carbonyl (C=O) groups is 1. The van der Waals surface area contributed by atoms with Gasteiger partial charge in [0.2, 0.25) is 0 Å². The Kier molecular flexibility index (Phi) is 5.68. The lowest BCUT2D eigenvalue weighted by Gasteiger charge is -2.07. The van der Waals surface area contributed by atoms with E-state index in [2.05, 4.69) is 10.3 Å². The third-order valence-electron chi connectivity index (χ3n) is 3.36. The molecule has 0 unspecified atom stereocenters. The number of halogens is 1. The Bertz CT molecular complexity index is 1000. The first-order valence-corrected chi connectivity index (χ1v) is 9.55. The number of hydrogen-bond donors (Lipinski definition) is 1. The number of ether oxygens (including phenoxy) is 1. The van der Waals surface area contributed by atoms with Gasteiger partial charge in [0.1, 0.15) is 22.4 Å². The monoisotopic (exact) mass is 401 g/mol. The van der Waals surface area contributed by atoms with Gasteiger partial charge >= 0.3 is 0 Å². The molecule has 0 aliphatic rings. The van der Waals surface area contributed by atoms with Gasteiger partial charge in [-0.2, -0.15) is 16.6 Å². The largest absolute Gasteiger partial charge is 0.495 e. The van der Waals surface area contributed by atoms with Crippen LogP contribution in [0.1, 0.15) is 5.69 Å². The highest BCUT2D eigenvalue weighted by Crippen LogP contribution is 2.28. The minimum absolute atomic E-state index is 0.0425. The Morgan fingerprint density at radius 2 is 2.23 bits per heavy atom. The maximum Gasteiger partial charge on any atom is 0.266 e. The molecule has 1 aromatic carbocycles. The van der Waals surface area contributed by atoms with Crippen LogP contribution in [0.25, 0.3) is 16.6 Å². The van der Waals surface area contributed by atoms with Crippen LogP contribution in [-0.2, 0) is 4.79 Å². The zero-order valence-corrected chi connectivity index (χ0v) is 15.9. The SMILES string of the molecule is COc1ccc(NC(=O)/C(C#N)=C\c2csc(-c3ccsc3)n2)cc1Cl. The second-order valence-corrected chi connectivity index (χ2v) is 7.11.